The second-order valence-corrected chi connectivity index (χ2v) is 18.1. The van der Waals surface area contributed by atoms with Crippen molar-refractivity contribution in [3.05, 3.63) is 48.7 Å². The van der Waals surface area contributed by atoms with Gasteiger partial charge in [-0.1, -0.05) is 39.0 Å². The molecule has 1 aromatic carbocycles. The number of nitrogens with one attached hydrogen (secondary N) is 3. The number of amides is 4. The Morgan fingerprint density at radius 3 is 2.55 bits per heavy atom. The van der Waals surface area contributed by atoms with Crippen molar-refractivity contribution in [2.24, 2.45) is 11.3 Å². The molecular weight excluding hydrogens is 675 g/mol. The normalized spacial score (nSPS) is 28.5. The van der Waals surface area contributed by atoms with E-state index < -0.39 is 79.7 Å². The maximum atomic E-state index is 14.5. The number of carbonyl (C=O) groups excluding carboxylic acids is 4. The number of benzene rings is 1. The molecule has 3 N–H and O–H groups in total. The third kappa shape index (κ3) is 7.85. The Balaban J connectivity index is 1.34. The van der Waals surface area contributed by atoms with E-state index in [4.69, 9.17) is 9.47 Å². The molecule has 2 aliphatic carbocycles. The lowest BCUT2D eigenvalue weighted by Crippen LogP contribution is -2.60. The van der Waals surface area contributed by atoms with E-state index in [2.05, 4.69) is 33.0 Å². The molecule has 14 heteroatoms. The molecule has 3 heterocycles. The van der Waals surface area contributed by atoms with Crippen molar-refractivity contribution >= 4 is 44.6 Å². The van der Waals surface area contributed by atoms with Gasteiger partial charge in [-0.05, 0) is 87.3 Å². The first-order valence-electron chi connectivity index (χ1n) is 17.8. The van der Waals surface area contributed by atoms with Crippen molar-refractivity contribution in [2.45, 2.75) is 121 Å². The van der Waals surface area contributed by atoms with Crippen molar-refractivity contribution in [1.29, 1.82) is 0 Å². The Kier molecular flexibility index (Phi) is 9.62. The highest BCUT2D eigenvalue weighted by molar-refractivity contribution is 7.91. The minimum atomic E-state index is -3.89. The molecule has 2 aliphatic heterocycles. The number of aromatic nitrogens is 1. The Hall–Kier alpha value is -4.20. The number of sulfonamides is 1. The van der Waals surface area contributed by atoms with E-state index in [1.807, 2.05) is 52.8 Å². The van der Waals surface area contributed by atoms with Gasteiger partial charge in [0.25, 0.3) is 5.91 Å². The minimum Gasteiger partial charge on any atom is -0.472 e. The summed E-state index contributed by atoms with van der Waals surface area (Å²) in [5.41, 5.74) is -2.03. The number of alkyl carbamates (subject to hydrolysis) is 1. The molecule has 276 valence electrons. The SMILES string of the molecule is C=C[C@H]1C[C@]1(NC(=O)[C@@H]1C[C@@H]2CN1C(=O)[C@H](C(C)(C)C)NC(=O)OC(C)(C)CCCCc1ccc3ccnc(c3c1)O2)C(=O)NS(=O)(=O)C1CC1. The number of hydrogen-bond acceptors (Lipinski definition) is 9. The van der Waals surface area contributed by atoms with Crippen LogP contribution in [0, 0.1) is 11.3 Å². The number of pyridine rings is 1. The fraction of sp³-hybridized carbons (Fsp3) is 0.595. The van der Waals surface area contributed by atoms with Crippen molar-refractivity contribution < 1.29 is 37.1 Å². The summed E-state index contributed by atoms with van der Waals surface area (Å²) in [4.78, 5) is 61.5. The van der Waals surface area contributed by atoms with E-state index in [9.17, 15) is 27.6 Å². The number of hydrogen-bond donors (Lipinski definition) is 3. The number of nitrogens with zero attached hydrogens (tertiary/aromatic N) is 2. The molecule has 51 heavy (non-hydrogen) atoms. The van der Waals surface area contributed by atoms with Gasteiger partial charge in [0.1, 0.15) is 29.3 Å². The number of cyclic esters (lactones) is 1. The molecule has 1 aromatic heterocycles. The molecule has 4 aliphatic rings. The van der Waals surface area contributed by atoms with Crippen LogP contribution in [0.1, 0.15) is 85.1 Å². The molecular formula is C37H49N5O8S. The van der Waals surface area contributed by atoms with Crippen LogP contribution in [0.3, 0.4) is 0 Å². The van der Waals surface area contributed by atoms with Gasteiger partial charge in [-0.15, -0.1) is 6.58 Å². The third-order valence-electron chi connectivity index (χ3n) is 10.4. The Labute approximate surface area is 299 Å². The highest BCUT2D eigenvalue weighted by Crippen LogP contribution is 2.45. The van der Waals surface area contributed by atoms with Crippen LogP contribution in [-0.2, 0) is 35.6 Å². The molecule has 3 fully saturated rings. The van der Waals surface area contributed by atoms with Crippen LogP contribution >= 0.6 is 0 Å². The monoisotopic (exact) mass is 723 g/mol. The Morgan fingerprint density at radius 1 is 1.14 bits per heavy atom. The van der Waals surface area contributed by atoms with Crippen LogP contribution in [0.25, 0.3) is 10.8 Å². The summed E-state index contributed by atoms with van der Waals surface area (Å²) in [7, 11) is -3.89. The fourth-order valence-electron chi connectivity index (χ4n) is 7.13. The lowest BCUT2D eigenvalue weighted by Gasteiger charge is -2.36. The van der Waals surface area contributed by atoms with Crippen molar-refractivity contribution in [3.63, 3.8) is 0 Å². The standard InChI is InChI=1S/C37H49N5O8S/c1-7-24-20-37(24,33(45)41-51(47,48)26-13-14-26)40-30(43)28-19-25-21-42(28)32(44)29(35(2,3)4)39-34(46)50-36(5,6)16-9-8-10-22-11-12-23-15-17-38-31(49-25)27(23)18-22/h7,11-12,15,17-18,24-26,28-29H,1,8-10,13-14,16,19-21H2,2-6H3,(H,39,46)(H,40,43)(H,41,45)/t24-,25+,28-,29+,37+/m0/s1. The summed E-state index contributed by atoms with van der Waals surface area (Å²) in [6.45, 7) is 12.9. The van der Waals surface area contributed by atoms with Crippen molar-refractivity contribution in [2.75, 3.05) is 6.54 Å². The topological polar surface area (TPSA) is 173 Å². The number of fused-ring (bicyclic) bond motifs is 3. The first-order chi connectivity index (χ1) is 23.9. The van der Waals surface area contributed by atoms with Gasteiger partial charge in [-0.25, -0.2) is 18.2 Å². The summed E-state index contributed by atoms with van der Waals surface area (Å²) in [6, 6.07) is 5.82. The van der Waals surface area contributed by atoms with E-state index in [-0.39, 0.29) is 19.4 Å². The molecule has 5 atom stereocenters. The van der Waals surface area contributed by atoms with E-state index >= 15 is 0 Å². The second kappa shape index (κ2) is 13.4. The average molecular weight is 724 g/mol. The predicted molar refractivity (Wildman–Crippen MR) is 190 cm³/mol. The summed E-state index contributed by atoms with van der Waals surface area (Å²) in [6.07, 6.45) is 5.97. The van der Waals surface area contributed by atoms with Gasteiger partial charge in [-0.2, -0.15) is 0 Å². The molecule has 6 rings (SSSR count). The number of aryl methyl sites for hydroxylation is 1. The highest BCUT2D eigenvalue weighted by atomic mass is 32.2. The molecule has 13 nitrogen and oxygen atoms in total. The van der Waals surface area contributed by atoms with Crippen LogP contribution < -0.4 is 20.1 Å². The largest absolute Gasteiger partial charge is 0.472 e. The smallest absolute Gasteiger partial charge is 0.408 e. The summed E-state index contributed by atoms with van der Waals surface area (Å²) >= 11 is 0. The van der Waals surface area contributed by atoms with Crippen LogP contribution in [0.15, 0.2) is 43.1 Å². The van der Waals surface area contributed by atoms with E-state index in [0.29, 0.717) is 25.1 Å². The molecule has 0 radical (unpaired) electrons. The molecule has 1 saturated heterocycles. The number of rotatable bonds is 6. The van der Waals surface area contributed by atoms with Gasteiger partial charge in [0.05, 0.1) is 11.8 Å². The maximum Gasteiger partial charge on any atom is 0.408 e. The summed E-state index contributed by atoms with van der Waals surface area (Å²) in [5, 5.41) is 6.70. The zero-order chi connectivity index (χ0) is 36.9. The fourth-order valence-corrected chi connectivity index (χ4v) is 8.50. The lowest BCUT2D eigenvalue weighted by atomic mass is 9.85. The second-order valence-electron chi connectivity index (χ2n) is 16.1. The van der Waals surface area contributed by atoms with Gasteiger partial charge in [-0.3, -0.25) is 19.1 Å². The van der Waals surface area contributed by atoms with E-state index in [1.54, 1.807) is 6.20 Å². The van der Waals surface area contributed by atoms with Crippen LogP contribution in [0.4, 0.5) is 4.79 Å². The molecule has 4 bridgehead atoms. The van der Waals surface area contributed by atoms with Gasteiger partial charge in [0.2, 0.25) is 27.7 Å². The average Bonchev–Trinajstić information content (AvgIpc) is 3.97. The van der Waals surface area contributed by atoms with Gasteiger partial charge >= 0.3 is 6.09 Å². The molecule has 2 aromatic rings. The molecule has 2 saturated carbocycles. The predicted octanol–water partition coefficient (Wildman–Crippen LogP) is 3.90. The minimum absolute atomic E-state index is 0.0103. The van der Waals surface area contributed by atoms with E-state index in [1.165, 1.54) is 11.0 Å². The van der Waals surface area contributed by atoms with Gasteiger partial charge in [0, 0.05) is 23.9 Å². The quantitative estimate of drug-likeness (QED) is 0.374. The van der Waals surface area contributed by atoms with Crippen LogP contribution in [0.2, 0.25) is 0 Å². The van der Waals surface area contributed by atoms with Crippen molar-refractivity contribution in [3.8, 4) is 5.88 Å². The molecule has 0 spiro atoms. The lowest BCUT2D eigenvalue weighted by molar-refractivity contribution is -0.143. The van der Waals surface area contributed by atoms with E-state index in [0.717, 1.165) is 35.6 Å². The van der Waals surface area contributed by atoms with Crippen LogP contribution in [0.5, 0.6) is 5.88 Å². The zero-order valence-electron chi connectivity index (χ0n) is 30.0. The number of carbonyl (C=O) groups is 4. The first kappa shape index (κ1) is 36.6. The first-order valence-corrected chi connectivity index (χ1v) is 19.3. The summed E-state index contributed by atoms with van der Waals surface area (Å²) < 4.78 is 39.8. The zero-order valence-corrected chi connectivity index (χ0v) is 30.8. The van der Waals surface area contributed by atoms with Gasteiger partial charge in [0.15, 0.2) is 0 Å². The van der Waals surface area contributed by atoms with Gasteiger partial charge < -0.3 is 25.0 Å². The summed E-state index contributed by atoms with van der Waals surface area (Å²) in [5.74, 6) is -2.13. The Bertz CT molecular complexity index is 1850. The molecule has 4 amide bonds. The Morgan fingerprint density at radius 2 is 1.88 bits per heavy atom. The number of ether oxygens (including phenoxy) is 2. The highest BCUT2D eigenvalue weighted by Gasteiger charge is 2.62. The molecule has 0 unspecified atom stereocenters. The maximum absolute atomic E-state index is 14.5. The van der Waals surface area contributed by atoms with Crippen molar-refractivity contribution in [1.82, 2.24) is 25.2 Å². The third-order valence-corrected chi connectivity index (χ3v) is 12.2. The van der Waals surface area contributed by atoms with Crippen LogP contribution in [-0.4, -0.2) is 83.2 Å².